The van der Waals surface area contributed by atoms with Crippen molar-refractivity contribution >= 4 is 23.4 Å². The molecule has 0 spiro atoms. The highest BCUT2D eigenvalue weighted by molar-refractivity contribution is 8.00. The highest BCUT2D eigenvalue weighted by atomic mass is 32.2. The zero-order valence-electron chi connectivity index (χ0n) is 12.7. The fraction of sp³-hybridized carbons (Fsp3) is 0.125. The van der Waals surface area contributed by atoms with Crippen LogP contribution in [-0.4, -0.2) is 31.3 Å². The average Bonchev–Trinajstić information content (AvgIpc) is 3.06. The SMILES string of the molecule is C[C@@H](Sc1n[nH]c(-c2ccncc2)n1)C(=O)Nc1ccccc1F. The molecule has 2 heterocycles. The van der Waals surface area contributed by atoms with E-state index in [1.807, 2.05) is 12.1 Å². The highest BCUT2D eigenvalue weighted by Crippen LogP contribution is 2.23. The first-order chi connectivity index (χ1) is 11.6. The van der Waals surface area contributed by atoms with Crippen LogP contribution in [0.15, 0.2) is 53.9 Å². The zero-order chi connectivity index (χ0) is 16.9. The number of hydrogen-bond donors (Lipinski definition) is 2. The van der Waals surface area contributed by atoms with Gasteiger partial charge in [-0.25, -0.2) is 9.37 Å². The molecule has 0 unspecified atom stereocenters. The first-order valence-corrected chi connectivity index (χ1v) is 8.06. The second-order valence-corrected chi connectivity index (χ2v) is 6.24. The minimum Gasteiger partial charge on any atom is -0.323 e. The van der Waals surface area contributed by atoms with Crippen molar-refractivity contribution in [3.63, 3.8) is 0 Å². The maximum atomic E-state index is 13.6. The van der Waals surface area contributed by atoms with Crippen LogP contribution in [-0.2, 0) is 4.79 Å². The normalized spacial score (nSPS) is 11.9. The van der Waals surface area contributed by atoms with Crippen LogP contribution in [0.2, 0.25) is 0 Å². The van der Waals surface area contributed by atoms with Gasteiger partial charge in [-0.3, -0.25) is 14.9 Å². The Morgan fingerprint density at radius 2 is 2.00 bits per heavy atom. The number of carbonyl (C=O) groups is 1. The van der Waals surface area contributed by atoms with Crippen LogP contribution in [0, 0.1) is 5.82 Å². The van der Waals surface area contributed by atoms with Crippen molar-refractivity contribution < 1.29 is 9.18 Å². The number of thioether (sulfide) groups is 1. The van der Waals surface area contributed by atoms with Crippen molar-refractivity contribution in [2.24, 2.45) is 0 Å². The van der Waals surface area contributed by atoms with Gasteiger partial charge in [-0.2, -0.15) is 0 Å². The summed E-state index contributed by atoms with van der Waals surface area (Å²) < 4.78 is 13.6. The lowest BCUT2D eigenvalue weighted by Gasteiger charge is -2.10. The minimum absolute atomic E-state index is 0.155. The number of benzene rings is 1. The molecule has 1 amide bonds. The van der Waals surface area contributed by atoms with E-state index in [2.05, 4.69) is 25.5 Å². The van der Waals surface area contributed by atoms with Crippen LogP contribution in [0.1, 0.15) is 6.92 Å². The molecule has 24 heavy (non-hydrogen) atoms. The van der Waals surface area contributed by atoms with E-state index in [4.69, 9.17) is 0 Å². The number of nitrogens with zero attached hydrogens (tertiary/aromatic N) is 3. The fourth-order valence-corrected chi connectivity index (χ4v) is 2.67. The highest BCUT2D eigenvalue weighted by Gasteiger charge is 2.18. The maximum absolute atomic E-state index is 13.6. The molecule has 0 saturated carbocycles. The summed E-state index contributed by atoms with van der Waals surface area (Å²) in [6.07, 6.45) is 3.32. The molecule has 3 aromatic rings. The standard InChI is InChI=1S/C16H14FN5OS/c1-10(15(23)19-13-5-3-2-4-12(13)17)24-16-20-14(21-22-16)11-6-8-18-9-7-11/h2-10H,1H3,(H,19,23)(H,20,21,22)/t10-/m1/s1. The number of para-hydroxylation sites is 1. The molecule has 0 radical (unpaired) electrons. The van der Waals surface area contributed by atoms with Crippen molar-refractivity contribution in [2.75, 3.05) is 5.32 Å². The molecule has 1 atom stereocenters. The molecular weight excluding hydrogens is 329 g/mol. The van der Waals surface area contributed by atoms with Gasteiger partial charge >= 0.3 is 0 Å². The summed E-state index contributed by atoms with van der Waals surface area (Å²) in [6.45, 7) is 1.71. The Bertz CT molecular complexity index is 839. The Labute approximate surface area is 141 Å². The summed E-state index contributed by atoms with van der Waals surface area (Å²) in [6, 6.07) is 9.65. The Morgan fingerprint density at radius 1 is 1.25 bits per heavy atom. The number of hydrogen-bond acceptors (Lipinski definition) is 5. The van der Waals surface area contributed by atoms with Gasteiger partial charge in [0, 0.05) is 18.0 Å². The van der Waals surface area contributed by atoms with Gasteiger partial charge in [0.25, 0.3) is 0 Å². The van der Waals surface area contributed by atoms with E-state index in [9.17, 15) is 9.18 Å². The van der Waals surface area contributed by atoms with E-state index < -0.39 is 11.1 Å². The number of carbonyl (C=O) groups excluding carboxylic acids is 1. The van der Waals surface area contributed by atoms with Crippen LogP contribution in [0.4, 0.5) is 10.1 Å². The summed E-state index contributed by atoms with van der Waals surface area (Å²) in [5.41, 5.74) is 1.01. The van der Waals surface area contributed by atoms with Crippen LogP contribution in [0.5, 0.6) is 0 Å². The summed E-state index contributed by atoms with van der Waals surface area (Å²) in [7, 11) is 0. The fourth-order valence-electron chi connectivity index (χ4n) is 1.95. The van der Waals surface area contributed by atoms with Crippen LogP contribution in [0.3, 0.4) is 0 Å². The molecule has 1 aromatic carbocycles. The van der Waals surface area contributed by atoms with Gasteiger partial charge in [0.1, 0.15) is 5.82 Å². The predicted molar refractivity (Wildman–Crippen MR) is 90.0 cm³/mol. The summed E-state index contributed by atoms with van der Waals surface area (Å²) in [5, 5.41) is 9.44. The van der Waals surface area contributed by atoms with E-state index in [0.717, 1.165) is 5.56 Å². The lowest BCUT2D eigenvalue weighted by Crippen LogP contribution is -2.23. The molecular formula is C16H14FN5OS. The third-order valence-electron chi connectivity index (χ3n) is 3.20. The van der Waals surface area contributed by atoms with Crippen molar-refractivity contribution in [1.82, 2.24) is 20.2 Å². The number of pyridine rings is 1. The van der Waals surface area contributed by atoms with Gasteiger partial charge in [-0.05, 0) is 31.2 Å². The smallest absolute Gasteiger partial charge is 0.237 e. The van der Waals surface area contributed by atoms with Crippen molar-refractivity contribution in [3.05, 3.63) is 54.6 Å². The number of aromatic amines is 1. The molecule has 0 bridgehead atoms. The van der Waals surface area contributed by atoms with E-state index >= 15 is 0 Å². The van der Waals surface area contributed by atoms with Gasteiger partial charge in [0.2, 0.25) is 11.1 Å². The quantitative estimate of drug-likeness (QED) is 0.696. The molecule has 2 N–H and O–H groups in total. The Kier molecular flexibility index (Phi) is 4.85. The van der Waals surface area contributed by atoms with Gasteiger partial charge in [-0.1, -0.05) is 23.9 Å². The first kappa shape index (κ1) is 16.1. The molecule has 122 valence electrons. The molecule has 0 aliphatic rings. The Balaban J connectivity index is 1.65. The first-order valence-electron chi connectivity index (χ1n) is 7.18. The molecule has 0 saturated heterocycles. The monoisotopic (exact) mass is 343 g/mol. The van der Waals surface area contributed by atoms with Crippen LogP contribution in [0.25, 0.3) is 11.4 Å². The predicted octanol–water partition coefficient (Wildman–Crippen LogP) is 3.13. The molecule has 0 fully saturated rings. The number of aromatic nitrogens is 4. The number of nitrogens with one attached hydrogen (secondary N) is 2. The average molecular weight is 343 g/mol. The lowest BCUT2D eigenvalue weighted by molar-refractivity contribution is -0.115. The minimum atomic E-state index is -0.481. The van der Waals surface area contributed by atoms with Crippen molar-refractivity contribution in [1.29, 1.82) is 0 Å². The molecule has 3 rings (SSSR count). The van der Waals surface area contributed by atoms with Gasteiger partial charge in [-0.15, -0.1) is 5.10 Å². The molecule has 6 nitrogen and oxygen atoms in total. The number of halogens is 1. The summed E-state index contributed by atoms with van der Waals surface area (Å²) in [4.78, 5) is 20.5. The Morgan fingerprint density at radius 3 is 2.75 bits per heavy atom. The van der Waals surface area contributed by atoms with Gasteiger partial charge < -0.3 is 5.32 Å². The summed E-state index contributed by atoms with van der Waals surface area (Å²) >= 11 is 1.19. The van der Waals surface area contributed by atoms with E-state index in [-0.39, 0.29) is 11.6 Å². The van der Waals surface area contributed by atoms with Gasteiger partial charge in [0.15, 0.2) is 5.82 Å². The Hall–Kier alpha value is -2.74. The maximum Gasteiger partial charge on any atom is 0.237 e. The number of rotatable bonds is 5. The third-order valence-corrected chi connectivity index (χ3v) is 4.16. The third kappa shape index (κ3) is 3.77. The zero-order valence-corrected chi connectivity index (χ0v) is 13.5. The van der Waals surface area contributed by atoms with Crippen molar-refractivity contribution in [2.45, 2.75) is 17.3 Å². The van der Waals surface area contributed by atoms with E-state index in [1.165, 1.54) is 23.9 Å². The number of H-pyrrole nitrogens is 1. The molecule has 0 aliphatic carbocycles. The van der Waals surface area contributed by atoms with Crippen LogP contribution >= 0.6 is 11.8 Å². The van der Waals surface area contributed by atoms with E-state index in [1.54, 1.807) is 31.5 Å². The van der Waals surface area contributed by atoms with Crippen LogP contribution < -0.4 is 5.32 Å². The molecule has 8 heteroatoms. The van der Waals surface area contributed by atoms with Gasteiger partial charge in [0.05, 0.1) is 10.9 Å². The molecule has 0 aliphatic heterocycles. The van der Waals surface area contributed by atoms with Crippen molar-refractivity contribution in [3.8, 4) is 11.4 Å². The topological polar surface area (TPSA) is 83.6 Å². The second kappa shape index (κ2) is 7.22. The second-order valence-electron chi connectivity index (χ2n) is 4.93. The number of amides is 1. The largest absolute Gasteiger partial charge is 0.323 e. The molecule has 2 aromatic heterocycles. The lowest BCUT2D eigenvalue weighted by atomic mass is 10.3. The number of anilines is 1. The van der Waals surface area contributed by atoms with E-state index in [0.29, 0.717) is 11.0 Å². The summed E-state index contributed by atoms with van der Waals surface area (Å²) in [5.74, 6) is -0.192.